The minimum absolute atomic E-state index is 0.0125. The van der Waals surface area contributed by atoms with Crippen LogP contribution in [0.1, 0.15) is 17.5 Å². The van der Waals surface area contributed by atoms with E-state index in [4.69, 9.17) is 16.3 Å². The highest BCUT2D eigenvalue weighted by Gasteiger charge is 2.27. The van der Waals surface area contributed by atoms with Gasteiger partial charge in [-0.15, -0.1) is 0 Å². The van der Waals surface area contributed by atoms with Crippen molar-refractivity contribution in [1.29, 1.82) is 0 Å². The maximum Gasteiger partial charge on any atom is 0.317 e. The van der Waals surface area contributed by atoms with Crippen LogP contribution in [-0.2, 0) is 6.54 Å². The highest BCUT2D eigenvalue weighted by molar-refractivity contribution is 6.30. The minimum Gasteiger partial charge on any atom is -0.472 e. The second-order valence-electron chi connectivity index (χ2n) is 5.93. The molecule has 3 rings (SSSR count). The van der Waals surface area contributed by atoms with Crippen LogP contribution in [0, 0.1) is 6.92 Å². The van der Waals surface area contributed by atoms with Crippen molar-refractivity contribution in [3.05, 3.63) is 58.7 Å². The zero-order valence-electron chi connectivity index (χ0n) is 13.5. The highest BCUT2D eigenvalue weighted by atomic mass is 35.5. The lowest BCUT2D eigenvalue weighted by molar-refractivity contribution is 0.183. The van der Waals surface area contributed by atoms with Crippen LogP contribution in [-0.4, -0.2) is 35.1 Å². The minimum atomic E-state index is -0.0760. The number of carbonyl (C=O) groups is 1. The summed E-state index contributed by atoms with van der Waals surface area (Å²) in [6, 6.07) is 11.2. The number of benzene rings is 1. The standard InChI is InChI=1S/C18H20ClN3O2/c1-13-2-7-17(20-10-13)24-16-8-9-22(12-16)18(23)21-11-14-3-5-15(19)6-4-14/h2-7,10,16H,8-9,11-12H2,1H3,(H,21,23)/t16-/m1/s1. The van der Waals surface area contributed by atoms with Gasteiger partial charge in [0.1, 0.15) is 6.10 Å². The maximum atomic E-state index is 12.2. The van der Waals surface area contributed by atoms with E-state index in [1.807, 2.05) is 43.3 Å². The average molecular weight is 346 g/mol. The number of aromatic nitrogens is 1. The third-order valence-electron chi connectivity index (χ3n) is 3.96. The monoisotopic (exact) mass is 345 g/mol. The molecule has 0 saturated carbocycles. The molecule has 0 bridgehead atoms. The Kier molecular flexibility index (Phi) is 5.20. The molecule has 1 aliphatic heterocycles. The summed E-state index contributed by atoms with van der Waals surface area (Å²) in [6.45, 7) is 3.72. The summed E-state index contributed by atoms with van der Waals surface area (Å²) >= 11 is 5.85. The van der Waals surface area contributed by atoms with Gasteiger partial charge in [0, 0.05) is 36.8 Å². The van der Waals surface area contributed by atoms with Gasteiger partial charge in [-0.05, 0) is 30.2 Å². The lowest BCUT2D eigenvalue weighted by atomic mass is 10.2. The fourth-order valence-electron chi connectivity index (χ4n) is 2.60. The van der Waals surface area contributed by atoms with Gasteiger partial charge in [-0.3, -0.25) is 0 Å². The molecule has 2 heterocycles. The SMILES string of the molecule is Cc1ccc(O[C@@H]2CCN(C(=O)NCc3ccc(Cl)cc3)C2)nc1. The van der Waals surface area contributed by atoms with Gasteiger partial charge in [-0.1, -0.05) is 29.8 Å². The molecule has 2 amide bonds. The lowest BCUT2D eigenvalue weighted by Crippen LogP contribution is -2.39. The molecule has 1 fully saturated rings. The van der Waals surface area contributed by atoms with E-state index in [2.05, 4.69) is 10.3 Å². The first-order valence-electron chi connectivity index (χ1n) is 7.97. The van der Waals surface area contributed by atoms with E-state index in [0.29, 0.717) is 30.5 Å². The van der Waals surface area contributed by atoms with Crippen LogP contribution in [0.5, 0.6) is 5.88 Å². The number of urea groups is 1. The first-order chi connectivity index (χ1) is 11.6. The summed E-state index contributed by atoms with van der Waals surface area (Å²) in [5.74, 6) is 0.606. The van der Waals surface area contributed by atoms with Crippen molar-refractivity contribution in [2.24, 2.45) is 0 Å². The number of amides is 2. The summed E-state index contributed by atoms with van der Waals surface area (Å²) in [7, 11) is 0. The first kappa shape index (κ1) is 16.6. The number of pyridine rings is 1. The number of halogens is 1. The summed E-state index contributed by atoms with van der Waals surface area (Å²) in [5, 5.41) is 3.61. The molecule has 126 valence electrons. The van der Waals surface area contributed by atoms with Crippen molar-refractivity contribution in [3.63, 3.8) is 0 Å². The van der Waals surface area contributed by atoms with Gasteiger partial charge < -0.3 is 15.0 Å². The number of hydrogen-bond acceptors (Lipinski definition) is 3. The van der Waals surface area contributed by atoms with Crippen molar-refractivity contribution in [1.82, 2.24) is 15.2 Å². The fraction of sp³-hybridized carbons (Fsp3) is 0.333. The highest BCUT2D eigenvalue weighted by Crippen LogP contribution is 2.17. The summed E-state index contributed by atoms with van der Waals surface area (Å²) < 4.78 is 5.84. The van der Waals surface area contributed by atoms with Gasteiger partial charge in [-0.2, -0.15) is 0 Å². The van der Waals surface area contributed by atoms with Crippen LogP contribution in [0.3, 0.4) is 0 Å². The molecule has 1 aromatic heterocycles. The number of ether oxygens (including phenoxy) is 1. The molecule has 0 aliphatic carbocycles. The molecule has 24 heavy (non-hydrogen) atoms. The lowest BCUT2D eigenvalue weighted by Gasteiger charge is -2.17. The Morgan fingerprint density at radius 1 is 1.33 bits per heavy atom. The molecule has 1 aliphatic rings. The normalized spacial score (nSPS) is 16.9. The fourth-order valence-corrected chi connectivity index (χ4v) is 2.72. The Hall–Kier alpha value is -2.27. The predicted octanol–water partition coefficient (Wildman–Crippen LogP) is 3.41. The van der Waals surface area contributed by atoms with Crippen LogP contribution in [0.25, 0.3) is 0 Å². The van der Waals surface area contributed by atoms with Crippen molar-refractivity contribution in [2.45, 2.75) is 26.0 Å². The van der Waals surface area contributed by atoms with Gasteiger partial charge in [0.05, 0.1) is 6.54 Å². The summed E-state index contributed by atoms with van der Waals surface area (Å²) in [4.78, 5) is 18.3. The van der Waals surface area contributed by atoms with E-state index in [0.717, 1.165) is 17.5 Å². The van der Waals surface area contributed by atoms with Gasteiger partial charge in [-0.25, -0.2) is 9.78 Å². The molecular formula is C18H20ClN3O2. The van der Waals surface area contributed by atoms with E-state index in [1.165, 1.54) is 0 Å². The third kappa shape index (κ3) is 4.38. The van der Waals surface area contributed by atoms with Crippen LogP contribution in [0.15, 0.2) is 42.6 Å². The molecule has 1 saturated heterocycles. The zero-order chi connectivity index (χ0) is 16.9. The van der Waals surface area contributed by atoms with Crippen molar-refractivity contribution in [3.8, 4) is 5.88 Å². The summed E-state index contributed by atoms with van der Waals surface area (Å²) in [5.41, 5.74) is 2.11. The molecule has 0 spiro atoms. The van der Waals surface area contributed by atoms with Crippen molar-refractivity contribution >= 4 is 17.6 Å². The number of hydrogen-bond donors (Lipinski definition) is 1. The molecule has 0 radical (unpaired) electrons. The number of nitrogens with one attached hydrogen (secondary N) is 1. The first-order valence-corrected chi connectivity index (χ1v) is 8.34. The van der Waals surface area contributed by atoms with E-state index >= 15 is 0 Å². The van der Waals surface area contributed by atoms with E-state index in [-0.39, 0.29) is 12.1 Å². The maximum absolute atomic E-state index is 12.2. The Labute approximate surface area is 146 Å². The second kappa shape index (κ2) is 7.53. The van der Waals surface area contributed by atoms with Crippen LogP contribution >= 0.6 is 11.6 Å². The average Bonchev–Trinajstić information content (AvgIpc) is 3.05. The van der Waals surface area contributed by atoms with Crippen LogP contribution in [0.4, 0.5) is 4.79 Å². The Bertz CT molecular complexity index is 688. The molecule has 1 aromatic carbocycles. The van der Waals surface area contributed by atoms with Gasteiger partial charge in [0.2, 0.25) is 5.88 Å². The van der Waals surface area contributed by atoms with Crippen molar-refractivity contribution < 1.29 is 9.53 Å². The van der Waals surface area contributed by atoms with E-state index in [1.54, 1.807) is 11.1 Å². The second-order valence-corrected chi connectivity index (χ2v) is 6.37. The van der Waals surface area contributed by atoms with Crippen LogP contribution < -0.4 is 10.1 Å². The zero-order valence-corrected chi connectivity index (χ0v) is 14.3. The predicted molar refractivity (Wildman–Crippen MR) is 93.3 cm³/mol. The van der Waals surface area contributed by atoms with E-state index < -0.39 is 0 Å². The van der Waals surface area contributed by atoms with E-state index in [9.17, 15) is 4.79 Å². The Morgan fingerprint density at radius 2 is 2.12 bits per heavy atom. The number of carbonyl (C=O) groups excluding carboxylic acids is 1. The number of rotatable bonds is 4. The number of aryl methyl sites for hydroxylation is 1. The van der Waals surface area contributed by atoms with Crippen molar-refractivity contribution in [2.75, 3.05) is 13.1 Å². The van der Waals surface area contributed by atoms with Gasteiger partial charge >= 0.3 is 6.03 Å². The topological polar surface area (TPSA) is 54.5 Å². The summed E-state index contributed by atoms with van der Waals surface area (Å²) in [6.07, 6.45) is 2.58. The molecular weight excluding hydrogens is 326 g/mol. The third-order valence-corrected chi connectivity index (χ3v) is 4.21. The molecule has 2 aromatic rings. The molecule has 0 unspecified atom stereocenters. The van der Waals surface area contributed by atoms with Gasteiger partial charge in [0.25, 0.3) is 0 Å². The number of nitrogens with zero attached hydrogens (tertiary/aromatic N) is 2. The Balaban J connectivity index is 1.46. The smallest absolute Gasteiger partial charge is 0.317 e. The largest absolute Gasteiger partial charge is 0.472 e. The number of likely N-dealkylation sites (tertiary alicyclic amines) is 1. The Morgan fingerprint density at radius 3 is 2.83 bits per heavy atom. The molecule has 1 N–H and O–H groups in total. The quantitative estimate of drug-likeness (QED) is 0.924. The molecule has 5 nitrogen and oxygen atoms in total. The van der Waals surface area contributed by atoms with Crippen LogP contribution in [0.2, 0.25) is 5.02 Å². The molecule has 6 heteroatoms. The van der Waals surface area contributed by atoms with Gasteiger partial charge in [0.15, 0.2) is 0 Å². The molecule has 1 atom stereocenters.